The van der Waals surface area contributed by atoms with Gasteiger partial charge in [-0.15, -0.1) is 12.4 Å². The van der Waals surface area contributed by atoms with Crippen LogP contribution in [0.15, 0.2) is 45.9 Å². The molecule has 8 heteroatoms. The van der Waals surface area contributed by atoms with Gasteiger partial charge < -0.3 is 9.84 Å². The first kappa shape index (κ1) is 19.4. The largest absolute Gasteiger partial charge is 0.356 e. The molecule has 6 nitrogen and oxygen atoms in total. The van der Waals surface area contributed by atoms with Gasteiger partial charge in [-0.3, -0.25) is 0 Å². The Morgan fingerprint density at radius 2 is 1.88 bits per heavy atom. The SMILES string of the molecule is Cl.O=S(=O)(c1ccccc1-c1ccno1)N1CCC(C2CCCN2)CC1. The van der Waals surface area contributed by atoms with Crippen LogP contribution in [0.3, 0.4) is 0 Å². The minimum absolute atomic E-state index is 0. The highest BCUT2D eigenvalue weighted by Gasteiger charge is 2.34. The molecule has 4 rings (SSSR count). The summed E-state index contributed by atoms with van der Waals surface area (Å²) in [6, 6.07) is 9.23. The molecule has 0 amide bonds. The summed E-state index contributed by atoms with van der Waals surface area (Å²) in [6.45, 7) is 2.25. The first-order valence-corrected chi connectivity index (χ1v) is 10.3. The van der Waals surface area contributed by atoms with E-state index in [2.05, 4.69) is 10.5 Å². The fourth-order valence-electron chi connectivity index (χ4n) is 4.02. The lowest BCUT2D eigenvalue weighted by Crippen LogP contribution is -2.43. The second-order valence-electron chi connectivity index (χ2n) is 6.82. The van der Waals surface area contributed by atoms with Crippen molar-refractivity contribution in [3.8, 4) is 11.3 Å². The minimum atomic E-state index is -3.54. The number of halogens is 1. The zero-order chi connectivity index (χ0) is 17.3. The van der Waals surface area contributed by atoms with E-state index in [1.807, 2.05) is 6.07 Å². The summed E-state index contributed by atoms with van der Waals surface area (Å²) in [4.78, 5) is 0.296. The molecule has 2 aromatic rings. The van der Waals surface area contributed by atoms with Crippen LogP contribution in [0.25, 0.3) is 11.3 Å². The number of benzene rings is 1. The van der Waals surface area contributed by atoms with Crippen LogP contribution >= 0.6 is 12.4 Å². The number of sulfonamides is 1. The second-order valence-corrected chi connectivity index (χ2v) is 8.72. The van der Waals surface area contributed by atoms with Crippen LogP contribution in [0.5, 0.6) is 0 Å². The van der Waals surface area contributed by atoms with Crippen molar-refractivity contribution in [2.24, 2.45) is 5.92 Å². The molecule has 2 fully saturated rings. The Kier molecular flexibility index (Phi) is 6.02. The van der Waals surface area contributed by atoms with E-state index in [4.69, 9.17) is 4.52 Å². The van der Waals surface area contributed by atoms with Gasteiger partial charge in [0, 0.05) is 30.8 Å². The summed E-state index contributed by atoms with van der Waals surface area (Å²) in [7, 11) is -3.54. The molecule has 0 spiro atoms. The molecule has 2 saturated heterocycles. The average molecular weight is 398 g/mol. The molecule has 0 bridgehead atoms. The Hall–Kier alpha value is -1.41. The zero-order valence-corrected chi connectivity index (χ0v) is 16.1. The van der Waals surface area contributed by atoms with Gasteiger partial charge in [0.2, 0.25) is 10.0 Å². The van der Waals surface area contributed by atoms with Crippen LogP contribution in [-0.2, 0) is 10.0 Å². The van der Waals surface area contributed by atoms with Crippen molar-refractivity contribution >= 4 is 22.4 Å². The Morgan fingerprint density at radius 1 is 1.12 bits per heavy atom. The van der Waals surface area contributed by atoms with Gasteiger partial charge in [-0.25, -0.2) is 8.42 Å². The van der Waals surface area contributed by atoms with Gasteiger partial charge in [0.05, 0.1) is 11.1 Å². The zero-order valence-electron chi connectivity index (χ0n) is 14.5. The molecule has 1 atom stereocenters. The van der Waals surface area contributed by atoms with E-state index in [1.54, 1.807) is 28.6 Å². The lowest BCUT2D eigenvalue weighted by Gasteiger charge is -2.34. The second kappa shape index (κ2) is 8.08. The van der Waals surface area contributed by atoms with Crippen LogP contribution in [-0.4, -0.2) is 43.6 Å². The van der Waals surface area contributed by atoms with Gasteiger partial charge in [0.1, 0.15) is 0 Å². The molecule has 3 heterocycles. The quantitative estimate of drug-likeness (QED) is 0.858. The van der Waals surface area contributed by atoms with Crippen molar-refractivity contribution in [3.63, 3.8) is 0 Å². The number of hydrogen-bond donors (Lipinski definition) is 1. The van der Waals surface area contributed by atoms with Crippen LogP contribution in [0, 0.1) is 5.92 Å². The van der Waals surface area contributed by atoms with Gasteiger partial charge >= 0.3 is 0 Å². The molecule has 0 saturated carbocycles. The fourth-order valence-corrected chi connectivity index (χ4v) is 5.69. The van der Waals surface area contributed by atoms with E-state index in [9.17, 15) is 8.42 Å². The predicted molar refractivity (Wildman–Crippen MR) is 102 cm³/mol. The molecule has 1 aromatic heterocycles. The van der Waals surface area contributed by atoms with Crippen molar-refractivity contribution in [2.75, 3.05) is 19.6 Å². The Bertz CT molecular complexity index is 812. The molecule has 2 aliphatic heterocycles. The standard InChI is InChI=1S/C18H23N3O3S.ClH/c22-25(23,18-6-2-1-4-15(18)17-7-11-20-24-17)21-12-8-14(9-13-21)16-5-3-10-19-16;/h1-2,4,6-7,11,14,16,19H,3,5,8-10,12-13H2;1H. The van der Waals surface area contributed by atoms with Crippen LogP contribution in [0.2, 0.25) is 0 Å². The summed E-state index contributed by atoms with van der Waals surface area (Å²) in [5, 5.41) is 7.25. The lowest BCUT2D eigenvalue weighted by atomic mass is 9.89. The predicted octanol–water partition coefficient (Wildman–Crippen LogP) is 2.92. The van der Waals surface area contributed by atoms with Crippen molar-refractivity contribution in [2.45, 2.75) is 36.6 Å². The number of rotatable bonds is 4. The summed E-state index contributed by atoms with van der Waals surface area (Å²) in [6.07, 6.45) is 5.81. The third-order valence-electron chi connectivity index (χ3n) is 5.37. The summed E-state index contributed by atoms with van der Waals surface area (Å²) < 4.78 is 33.2. The van der Waals surface area contributed by atoms with Crippen LogP contribution in [0.4, 0.5) is 0 Å². The Morgan fingerprint density at radius 3 is 2.54 bits per heavy atom. The number of nitrogens with zero attached hydrogens (tertiary/aromatic N) is 2. The maximum absolute atomic E-state index is 13.2. The lowest BCUT2D eigenvalue weighted by molar-refractivity contribution is 0.234. The molecule has 26 heavy (non-hydrogen) atoms. The maximum Gasteiger partial charge on any atom is 0.243 e. The fraction of sp³-hybridized carbons (Fsp3) is 0.500. The van der Waals surface area contributed by atoms with Crippen molar-refractivity contribution in [3.05, 3.63) is 36.5 Å². The molecule has 142 valence electrons. The van der Waals surface area contributed by atoms with Gasteiger partial charge in [-0.1, -0.05) is 17.3 Å². The first-order valence-electron chi connectivity index (χ1n) is 8.90. The van der Waals surface area contributed by atoms with Crippen LogP contribution in [0.1, 0.15) is 25.7 Å². The molecular weight excluding hydrogens is 374 g/mol. The van der Waals surface area contributed by atoms with Crippen LogP contribution < -0.4 is 5.32 Å². The topological polar surface area (TPSA) is 75.4 Å². The summed E-state index contributed by atoms with van der Waals surface area (Å²) >= 11 is 0. The number of nitrogens with one attached hydrogen (secondary N) is 1. The molecule has 1 unspecified atom stereocenters. The monoisotopic (exact) mass is 397 g/mol. The van der Waals surface area contributed by atoms with Gasteiger partial charge in [0.25, 0.3) is 0 Å². The average Bonchev–Trinajstić information content (AvgIpc) is 3.36. The molecule has 1 aromatic carbocycles. The Balaban J connectivity index is 0.00000196. The maximum atomic E-state index is 13.2. The number of piperidine rings is 1. The summed E-state index contributed by atoms with van der Waals surface area (Å²) in [5.41, 5.74) is 0.569. The third-order valence-corrected chi connectivity index (χ3v) is 7.33. The normalized spacial score (nSPS) is 22.2. The minimum Gasteiger partial charge on any atom is -0.356 e. The van der Waals surface area contributed by atoms with E-state index < -0.39 is 10.0 Å². The van der Waals surface area contributed by atoms with Gasteiger partial charge in [-0.05, 0) is 50.3 Å². The van der Waals surface area contributed by atoms with E-state index in [0.29, 0.717) is 41.3 Å². The highest BCUT2D eigenvalue weighted by Crippen LogP contribution is 2.32. The van der Waals surface area contributed by atoms with Gasteiger partial charge in [0.15, 0.2) is 5.76 Å². The molecular formula is C18H24ClN3O3S. The third kappa shape index (κ3) is 3.67. The van der Waals surface area contributed by atoms with Crippen molar-refractivity contribution in [1.29, 1.82) is 0 Å². The number of hydrogen-bond acceptors (Lipinski definition) is 5. The molecule has 0 radical (unpaired) electrons. The van der Waals surface area contributed by atoms with Crippen molar-refractivity contribution in [1.82, 2.24) is 14.8 Å². The van der Waals surface area contributed by atoms with E-state index in [-0.39, 0.29) is 12.4 Å². The van der Waals surface area contributed by atoms with Crippen molar-refractivity contribution < 1.29 is 12.9 Å². The first-order chi connectivity index (χ1) is 12.2. The van der Waals surface area contributed by atoms with E-state index in [0.717, 1.165) is 19.4 Å². The van der Waals surface area contributed by atoms with E-state index in [1.165, 1.54) is 19.0 Å². The molecule has 2 aliphatic rings. The Labute approximate surface area is 160 Å². The van der Waals surface area contributed by atoms with E-state index >= 15 is 0 Å². The number of aromatic nitrogens is 1. The molecule has 0 aliphatic carbocycles. The van der Waals surface area contributed by atoms with Gasteiger partial charge in [-0.2, -0.15) is 4.31 Å². The summed E-state index contributed by atoms with van der Waals surface area (Å²) in [5.74, 6) is 1.06. The highest BCUT2D eigenvalue weighted by molar-refractivity contribution is 7.89. The smallest absolute Gasteiger partial charge is 0.243 e. The highest BCUT2D eigenvalue weighted by atomic mass is 35.5. The molecule has 1 N–H and O–H groups in total.